The summed E-state index contributed by atoms with van der Waals surface area (Å²) in [5.74, 6) is 2.70. The third-order valence-corrected chi connectivity index (χ3v) is 5.80. The van der Waals surface area contributed by atoms with E-state index in [1.54, 1.807) is 0 Å². The Bertz CT molecular complexity index is 580. The van der Waals surface area contributed by atoms with Crippen molar-refractivity contribution < 1.29 is 14.9 Å². The lowest BCUT2D eigenvalue weighted by atomic mass is 9.83. The molecule has 4 rings (SSSR count). The number of aliphatic hydroxyl groups excluding tert-OH is 1. The molecule has 2 aliphatic carbocycles. The van der Waals surface area contributed by atoms with Gasteiger partial charge in [0.05, 0.1) is 0 Å². The number of hydrogen-bond acceptors (Lipinski definition) is 3. The molecule has 21 heavy (non-hydrogen) atoms. The highest BCUT2D eigenvalue weighted by Crippen LogP contribution is 2.60. The van der Waals surface area contributed by atoms with Gasteiger partial charge in [0.15, 0.2) is 0 Å². The zero-order chi connectivity index (χ0) is 14.6. The Hall–Kier alpha value is -1.22. The molecule has 0 amide bonds. The lowest BCUT2D eigenvalue weighted by molar-refractivity contribution is 0.0474. The summed E-state index contributed by atoms with van der Waals surface area (Å²) in [7, 11) is 0. The summed E-state index contributed by atoms with van der Waals surface area (Å²) in [4.78, 5) is 0. The monoisotopic (exact) mass is 288 g/mol. The largest absolute Gasteiger partial charge is 0.508 e. The fourth-order valence-electron chi connectivity index (χ4n) is 4.71. The van der Waals surface area contributed by atoms with Crippen LogP contribution in [-0.2, 0) is 6.42 Å². The molecular weight excluding hydrogens is 264 g/mol. The van der Waals surface area contributed by atoms with Crippen molar-refractivity contribution in [3.8, 4) is 11.5 Å². The van der Waals surface area contributed by atoms with Crippen LogP contribution in [0.2, 0.25) is 0 Å². The highest BCUT2D eigenvalue weighted by Gasteiger charge is 2.44. The average molecular weight is 288 g/mol. The maximum atomic E-state index is 10.4. The number of aromatic hydroxyl groups is 1. The van der Waals surface area contributed by atoms with Crippen LogP contribution in [0, 0.1) is 0 Å². The summed E-state index contributed by atoms with van der Waals surface area (Å²) in [5.41, 5.74) is 3.51. The maximum Gasteiger partial charge on any atom is 0.127 e. The average Bonchev–Trinajstić information content (AvgIpc) is 3.08. The van der Waals surface area contributed by atoms with Gasteiger partial charge in [-0.2, -0.15) is 0 Å². The molecule has 1 aliphatic heterocycles. The molecule has 3 atom stereocenters. The Morgan fingerprint density at radius 1 is 1.29 bits per heavy atom. The van der Waals surface area contributed by atoms with E-state index in [9.17, 15) is 5.11 Å². The van der Waals surface area contributed by atoms with Gasteiger partial charge in [-0.05, 0) is 75.3 Å². The molecule has 2 bridgehead atoms. The fourth-order valence-corrected chi connectivity index (χ4v) is 4.71. The number of rotatable bonds is 3. The molecule has 3 unspecified atom stereocenters. The van der Waals surface area contributed by atoms with Gasteiger partial charge >= 0.3 is 0 Å². The SMILES string of the molecule is CC1(CCCO)CCc2cc(O)c3c(c2O1)C1CCC3C1. The molecule has 3 nitrogen and oxygen atoms in total. The molecule has 3 heteroatoms. The van der Waals surface area contributed by atoms with Crippen molar-refractivity contribution in [2.24, 2.45) is 0 Å². The third-order valence-electron chi connectivity index (χ3n) is 5.80. The first kappa shape index (κ1) is 13.4. The second-order valence-electron chi connectivity index (χ2n) is 7.30. The molecule has 2 N–H and O–H groups in total. The smallest absolute Gasteiger partial charge is 0.127 e. The van der Waals surface area contributed by atoms with E-state index >= 15 is 0 Å². The van der Waals surface area contributed by atoms with Crippen molar-refractivity contribution in [2.75, 3.05) is 6.61 Å². The zero-order valence-corrected chi connectivity index (χ0v) is 12.7. The van der Waals surface area contributed by atoms with Gasteiger partial charge in [-0.3, -0.25) is 0 Å². The van der Waals surface area contributed by atoms with Gasteiger partial charge in [0, 0.05) is 17.7 Å². The second kappa shape index (κ2) is 4.64. The first-order chi connectivity index (χ1) is 10.1. The van der Waals surface area contributed by atoms with Gasteiger partial charge in [-0.15, -0.1) is 0 Å². The molecule has 0 saturated heterocycles. The van der Waals surface area contributed by atoms with Crippen LogP contribution in [0.3, 0.4) is 0 Å². The minimum Gasteiger partial charge on any atom is -0.508 e. The lowest BCUT2D eigenvalue weighted by Crippen LogP contribution is -2.37. The summed E-state index contributed by atoms with van der Waals surface area (Å²) < 4.78 is 6.45. The van der Waals surface area contributed by atoms with Crippen LogP contribution in [0.4, 0.5) is 0 Å². The van der Waals surface area contributed by atoms with Crippen LogP contribution in [0.15, 0.2) is 6.07 Å². The van der Waals surface area contributed by atoms with Gasteiger partial charge in [-0.1, -0.05) is 0 Å². The quantitative estimate of drug-likeness (QED) is 0.893. The zero-order valence-electron chi connectivity index (χ0n) is 12.7. The number of hydrogen-bond donors (Lipinski definition) is 2. The lowest BCUT2D eigenvalue weighted by Gasteiger charge is -2.38. The van der Waals surface area contributed by atoms with E-state index in [0.717, 1.165) is 31.4 Å². The summed E-state index contributed by atoms with van der Waals surface area (Å²) in [5, 5.41) is 19.5. The van der Waals surface area contributed by atoms with Gasteiger partial charge in [0.1, 0.15) is 17.1 Å². The van der Waals surface area contributed by atoms with Crippen LogP contribution in [-0.4, -0.2) is 22.4 Å². The minimum absolute atomic E-state index is 0.164. The van der Waals surface area contributed by atoms with Crippen LogP contribution >= 0.6 is 0 Å². The Kier molecular flexibility index (Phi) is 2.97. The number of benzene rings is 1. The van der Waals surface area contributed by atoms with E-state index in [1.807, 2.05) is 6.07 Å². The first-order valence-corrected chi connectivity index (χ1v) is 8.30. The molecule has 0 aromatic heterocycles. The number of aliphatic hydroxyl groups is 1. The number of phenolic OH excluding ortho intramolecular Hbond substituents is 1. The number of fused-ring (bicyclic) bond motifs is 7. The molecule has 1 aromatic carbocycles. The van der Waals surface area contributed by atoms with Crippen LogP contribution in [0.1, 0.15) is 74.0 Å². The first-order valence-electron chi connectivity index (χ1n) is 8.30. The topological polar surface area (TPSA) is 49.7 Å². The van der Waals surface area contributed by atoms with Crippen molar-refractivity contribution in [3.63, 3.8) is 0 Å². The Labute approximate surface area is 125 Å². The van der Waals surface area contributed by atoms with Gasteiger partial charge in [0.2, 0.25) is 0 Å². The van der Waals surface area contributed by atoms with E-state index in [1.165, 1.54) is 36.0 Å². The Morgan fingerprint density at radius 2 is 2.05 bits per heavy atom. The third kappa shape index (κ3) is 1.97. The van der Waals surface area contributed by atoms with E-state index in [0.29, 0.717) is 17.6 Å². The number of ether oxygens (including phenoxy) is 1. The van der Waals surface area contributed by atoms with E-state index in [2.05, 4.69) is 6.92 Å². The fraction of sp³-hybridized carbons (Fsp3) is 0.667. The van der Waals surface area contributed by atoms with E-state index in [4.69, 9.17) is 9.84 Å². The van der Waals surface area contributed by atoms with Crippen LogP contribution in [0.5, 0.6) is 11.5 Å². The minimum atomic E-state index is -0.164. The molecule has 1 fully saturated rings. The second-order valence-corrected chi connectivity index (χ2v) is 7.30. The van der Waals surface area contributed by atoms with Crippen molar-refractivity contribution in [1.82, 2.24) is 0 Å². The van der Waals surface area contributed by atoms with Gasteiger partial charge in [-0.25, -0.2) is 0 Å². The molecular formula is C18H24O3. The molecule has 0 spiro atoms. The van der Waals surface area contributed by atoms with E-state index in [-0.39, 0.29) is 12.2 Å². The Morgan fingerprint density at radius 3 is 2.81 bits per heavy atom. The van der Waals surface area contributed by atoms with Crippen molar-refractivity contribution in [3.05, 3.63) is 22.8 Å². The van der Waals surface area contributed by atoms with Crippen molar-refractivity contribution in [2.45, 2.75) is 69.3 Å². The van der Waals surface area contributed by atoms with Crippen LogP contribution in [0.25, 0.3) is 0 Å². The molecule has 1 heterocycles. The Balaban J connectivity index is 1.75. The van der Waals surface area contributed by atoms with Crippen molar-refractivity contribution in [1.29, 1.82) is 0 Å². The molecule has 0 radical (unpaired) electrons. The van der Waals surface area contributed by atoms with Crippen molar-refractivity contribution >= 4 is 0 Å². The normalized spacial score (nSPS) is 32.7. The summed E-state index contributed by atoms with van der Waals surface area (Å²) >= 11 is 0. The number of aryl methyl sites for hydroxylation is 1. The van der Waals surface area contributed by atoms with Gasteiger partial charge in [0.25, 0.3) is 0 Å². The van der Waals surface area contributed by atoms with Gasteiger partial charge < -0.3 is 14.9 Å². The molecule has 1 aromatic rings. The standard InChI is InChI=1S/C18H24O3/c1-18(6-2-8-19)7-5-13-10-14(20)15-11-3-4-12(9-11)16(15)17(13)21-18/h10-12,19-20H,2-9H2,1H3. The highest BCUT2D eigenvalue weighted by molar-refractivity contribution is 5.60. The predicted molar refractivity (Wildman–Crippen MR) is 81.1 cm³/mol. The predicted octanol–water partition coefficient (Wildman–Crippen LogP) is 3.61. The molecule has 114 valence electrons. The summed E-state index contributed by atoms with van der Waals surface area (Å²) in [6, 6.07) is 1.94. The summed E-state index contributed by atoms with van der Waals surface area (Å²) in [6.45, 7) is 2.39. The van der Waals surface area contributed by atoms with Crippen LogP contribution < -0.4 is 4.74 Å². The molecule has 1 saturated carbocycles. The summed E-state index contributed by atoms with van der Waals surface area (Å²) in [6.07, 6.45) is 7.26. The number of phenols is 1. The van der Waals surface area contributed by atoms with E-state index < -0.39 is 0 Å². The molecule has 3 aliphatic rings. The highest BCUT2D eigenvalue weighted by atomic mass is 16.5. The maximum absolute atomic E-state index is 10.4.